The molecular weight excluding hydrogens is 539 g/mol. The Balaban J connectivity index is 1.47. The van der Waals surface area contributed by atoms with Gasteiger partial charge in [-0.3, -0.25) is 4.57 Å². The molecule has 1 amide bonds. The van der Waals surface area contributed by atoms with Gasteiger partial charge >= 0.3 is 6.09 Å². The fraction of sp³-hybridized carbons (Fsp3) is 0.357. The number of carbonyl (C=O) groups is 1. The molecule has 0 aliphatic carbocycles. The quantitative estimate of drug-likeness (QED) is 0.289. The molecule has 1 aliphatic heterocycles. The lowest BCUT2D eigenvalue weighted by Gasteiger charge is -2.34. The molecule has 5 rings (SSSR count). The summed E-state index contributed by atoms with van der Waals surface area (Å²) in [5, 5.41) is 4.31. The minimum Gasteiger partial charge on any atom is -0.497 e. The van der Waals surface area contributed by atoms with E-state index in [9.17, 15) is 4.79 Å². The van der Waals surface area contributed by atoms with Crippen molar-refractivity contribution in [1.82, 2.24) is 24.4 Å². The Morgan fingerprint density at radius 1 is 1.08 bits per heavy atom. The maximum atomic E-state index is 12.6. The zero-order chi connectivity index (χ0) is 27.7. The van der Waals surface area contributed by atoms with Crippen LogP contribution in [-0.2, 0) is 4.74 Å². The number of ether oxygens (including phenoxy) is 2. The van der Waals surface area contributed by atoms with Crippen LogP contribution in [0.5, 0.6) is 5.75 Å². The topological polar surface area (TPSA) is 94.4 Å². The van der Waals surface area contributed by atoms with Crippen molar-refractivity contribution < 1.29 is 14.3 Å². The minimum absolute atomic E-state index is 0.0140. The van der Waals surface area contributed by atoms with Crippen molar-refractivity contribution in [3.8, 4) is 23.0 Å². The minimum atomic E-state index is -0.543. The standard InChI is InChI=1S/C28H30Cl2N6O3/c1-28(2,3)39-27(37)35-13-5-6-18(16-35)32-26-31-12-11-24(34-26)36-23-10-8-19(38-4)15-22(23)33-25(36)17-7-9-20(29)21(30)14-17/h7-12,14-15,18H,5-6,13,16H2,1-4H3,(H,31,32,34). The molecule has 0 radical (unpaired) electrons. The number of hydrogen-bond acceptors (Lipinski definition) is 7. The number of nitrogens with zero attached hydrogens (tertiary/aromatic N) is 5. The Bertz CT molecular complexity index is 1520. The fourth-order valence-corrected chi connectivity index (χ4v) is 4.86. The molecule has 39 heavy (non-hydrogen) atoms. The first-order valence-corrected chi connectivity index (χ1v) is 13.5. The van der Waals surface area contributed by atoms with Gasteiger partial charge in [0.2, 0.25) is 5.95 Å². The highest BCUT2D eigenvalue weighted by Gasteiger charge is 2.28. The Labute approximate surface area is 237 Å². The van der Waals surface area contributed by atoms with Gasteiger partial charge in [0.05, 0.1) is 28.2 Å². The lowest BCUT2D eigenvalue weighted by Crippen LogP contribution is -2.47. The zero-order valence-corrected chi connectivity index (χ0v) is 23.8. The zero-order valence-electron chi connectivity index (χ0n) is 22.2. The highest BCUT2D eigenvalue weighted by atomic mass is 35.5. The molecule has 4 aromatic rings. The first kappa shape index (κ1) is 27.0. The van der Waals surface area contributed by atoms with E-state index < -0.39 is 5.60 Å². The van der Waals surface area contributed by atoms with Gasteiger partial charge in [0.15, 0.2) is 0 Å². The molecule has 2 aromatic heterocycles. The number of benzene rings is 2. The predicted molar refractivity (Wildman–Crippen MR) is 153 cm³/mol. The van der Waals surface area contributed by atoms with Crippen LogP contribution in [-0.4, -0.2) is 62.4 Å². The molecule has 9 nitrogen and oxygen atoms in total. The number of amides is 1. The van der Waals surface area contributed by atoms with E-state index in [2.05, 4.69) is 10.3 Å². The number of hydrogen-bond donors (Lipinski definition) is 1. The van der Waals surface area contributed by atoms with Crippen LogP contribution in [0.1, 0.15) is 33.6 Å². The summed E-state index contributed by atoms with van der Waals surface area (Å²) in [6.45, 7) is 6.76. The van der Waals surface area contributed by atoms with Gasteiger partial charge in [-0.25, -0.2) is 14.8 Å². The van der Waals surface area contributed by atoms with Crippen molar-refractivity contribution in [2.45, 2.75) is 45.3 Å². The van der Waals surface area contributed by atoms with Crippen LogP contribution in [0, 0.1) is 0 Å². The van der Waals surface area contributed by atoms with Crippen LogP contribution in [0.25, 0.3) is 28.2 Å². The number of piperidine rings is 1. The highest BCUT2D eigenvalue weighted by molar-refractivity contribution is 6.42. The number of rotatable bonds is 5. The molecule has 11 heteroatoms. The van der Waals surface area contributed by atoms with Gasteiger partial charge < -0.3 is 19.7 Å². The number of nitrogens with one attached hydrogen (secondary N) is 1. The van der Waals surface area contributed by atoms with Crippen LogP contribution in [0.4, 0.5) is 10.7 Å². The van der Waals surface area contributed by atoms with Gasteiger partial charge in [-0.15, -0.1) is 0 Å². The average Bonchev–Trinajstić information content (AvgIpc) is 3.28. The monoisotopic (exact) mass is 568 g/mol. The van der Waals surface area contributed by atoms with Crippen LogP contribution in [0.15, 0.2) is 48.7 Å². The lowest BCUT2D eigenvalue weighted by molar-refractivity contribution is 0.0206. The fourth-order valence-electron chi connectivity index (χ4n) is 4.56. The van der Waals surface area contributed by atoms with E-state index in [1.807, 2.05) is 55.7 Å². The Hall–Kier alpha value is -3.56. The molecule has 0 bridgehead atoms. The molecule has 1 fully saturated rings. The molecule has 204 valence electrons. The molecule has 0 spiro atoms. The van der Waals surface area contributed by atoms with Crippen LogP contribution >= 0.6 is 23.2 Å². The van der Waals surface area contributed by atoms with Gasteiger partial charge in [0.25, 0.3) is 0 Å². The number of carbonyl (C=O) groups excluding carboxylic acids is 1. The SMILES string of the molecule is COc1ccc2c(c1)nc(-c1ccc(Cl)c(Cl)c1)n2-c1ccnc(NC2CCCN(C(=O)OC(C)(C)C)C2)n1. The van der Waals surface area contributed by atoms with Crippen LogP contribution in [0.3, 0.4) is 0 Å². The van der Waals surface area contributed by atoms with Gasteiger partial charge in [-0.2, -0.15) is 4.98 Å². The van der Waals surface area contributed by atoms with Gasteiger partial charge in [-0.1, -0.05) is 23.2 Å². The molecular formula is C28H30Cl2N6O3. The van der Waals surface area contributed by atoms with Crippen molar-refractivity contribution in [3.63, 3.8) is 0 Å². The van der Waals surface area contributed by atoms with Crippen molar-refractivity contribution in [2.24, 2.45) is 0 Å². The summed E-state index contributed by atoms with van der Waals surface area (Å²) in [7, 11) is 1.62. The van der Waals surface area contributed by atoms with Crippen molar-refractivity contribution in [3.05, 3.63) is 58.7 Å². The number of fused-ring (bicyclic) bond motifs is 1. The summed E-state index contributed by atoms with van der Waals surface area (Å²) in [4.78, 5) is 28.5. The van der Waals surface area contributed by atoms with E-state index in [4.69, 9.17) is 42.6 Å². The second kappa shape index (κ2) is 10.9. The highest BCUT2D eigenvalue weighted by Crippen LogP contribution is 2.33. The van der Waals surface area contributed by atoms with Gasteiger partial charge in [-0.05, 0) is 70.0 Å². The molecule has 1 saturated heterocycles. The number of imidazole rings is 1. The molecule has 1 aliphatic rings. The summed E-state index contributed by atoms with van der Waals surface area (Å²) >= 11 is 12.5. The van der Waals surface area contributed by atoms with E-state index in [-0.39, 0.29) is 12.1 Å². The lowest BCUT2D eigenvalue weighted by atomic mass is 10.1. The summed E-state index contributed by atoms with van der Waals surface area (Å²) in [5.41, 5.74) is 1.82. The molecule has 3 heterocycles. The Kier molecular flexibility index (Phi) is 7.55. The van der Waals surface area contributed by atoms with E-state index >= 15 is 0 Å². The number of aromatic nitrogens is 4. The third-order valence-corrected chi connectivity index (χ3v) is 7.05. The number of likely N-dealkylation sites (tertiary alicyclic amines) is 1. The first-order chi connectivity index (χ1) is 18.6. The van der Waals surface area contributed by atoms with Crippen LogP contribution in [0.2, 0.25) is 10.0 Å². The maximum absolute atomic E-state index is 12.6. The molecule has 1 N–H and O–H groups in total. The number of methoxy groups -OCH3 is 1. The van der Waals surface area contributed by atoms with E-state index in [0.717, 1.165) is 29.4 Å². The van der Waals surface area contributed by atoms with Crippen molar-refractivity contribution in [2.75, 3.05) is 25.5 Å². The Morgan fingerprint density at radius 2 is 1.90 bits per heavy atom. The maximum Gasteiger partial charge on any atom is 0.410 e. The third kappa shape index (κ3) is 6.04. The largest absolute Gasteiger partial charge is 0.497 e. The summed E-state index contributed by atoms with van der Waals surface area (Å²) < 4.78 is 12.9. The smallest absolute Gasteiger partial charge is 0.410 e. The van der Waals surface area contributed by atoms with Crippen molar-refractivity contribution in [1.29, 1.82) is 0 Å². The second-order valence-corrected chi connectivity index (χ2v) is 11.2. The summed E-state index contributed by atoms with van der Waals surface area (Å²) in [6.07, 6.45) is 3.13. The predicted octanol–water partition coefficient (Wildman–Crippen LogP) is 6.61. The van der Waals surface area contributed by atoms with E-state index in [1.165, 1.54) is 0 Å². The third-order valence-electron chi connectivity index (χ3n) is 6.32. The second-order valence-electron chi connectivity index (χ2n) is 10.4. The van der Waals surface area contributed by atoms with Crippen LogP contribution < -0.4 is 10.1 Å². The molecule has 1 unspecified atom stereocenters. The summed E-state index contributed by atoms with van der Waals surface area (Å²) in [5.74, 6) is 2.43. The molecule has 0 saturated carbocycles. The Morgan fingerprint density at radius 3 is 2.64 bits per heavy atom. The van der Waals surface area contributed by atoms with Gasteiger partial charge in [0.1, 0.15) is 23.0 Å². The van der Waals surface area contributed by atoms with E-state index in [1.54, 1.807) is 30.3 Å². The van der Waals surface area contributed by atoms with Gasteiger partial charge in [0, 0.05) is 37.0 Å². The molecule has 1 atom stereocenters. The summed E-state index contributed by atoms with van der Waals surface area (Å²) in [6, 6.07) is 12.9. The number of anilines is 1. The normalized spacial score (nSPS) is 15.8. The van der Waals surface area contributed by atoms with Crippen molar-refractivity contribution >= 4 is 46.3 Å². The number of halogens is 2. The average molecular weight is 569 g/mol. The first-order valence-electron chi connectivity index (χ1n) is 12.7. The van der Waals surface area contributed by atoms with E-state index in [0.29, 0.717) is 46.5 Å². The molecule has 2 aromatic carbocycles.